The van der Waals surface area contributed by atoms with E-state index in [1.54, 1.807) is 0 Å². The first-order valence-corrected chi connectivity index (χ1v) is 22.4. The highest BCUT2D eigenvalue weighted by molar-refractivity contribution is 6.88. The first-order chi connectivity index (χ1) is 26.3. The predicted molar refractivity (Wildman–Crippen MR) is 232 cm³/mol. The molecule has 1 heterocycles. The van der Waals surface area contributed by atoms with E-state index in [4.69, 9.17) is 4.98 Å². The molecular formula is C52H43NSi. The van der Waals surface area contributed by atoms with E-state index in [1.807, 2.05) is 6.20 Å². The molecule has 0 radical (unpaired) electrons. The molecule has 0 amide bonds. The zero-order valence-electron chi connectivity index (χ0n) is 31.3. The highest BCUT2D eigenvalue weighted by atomic mass is 28.3. The largest absolute Gasteiger partial charge is 0.256 e. The minimum atomic E-state index is -1.38. The average Bonchev–Trinajstić information content (AvgIpc) is 3.48. The van der Waals surface area contributed by atoms with Crippen LogP contribution in [0.2, 0.25) is 19.6 Å². The molecule has 9 rings (SSSR count). The van der Waals surface area contributed by atoms with Crippen molar-refractivity contribution >= 4 is 13.3 Å². The fourth-order valence-corrected chi connectivity index (χ4v) is 9.48. The van der Waals surface area contributed by atoms with Gasteiger partial charge in [-0.1, -0.05) is 183 Å². The third kappa shape index (κ3) is 5.93. The van der Waals surface area contributed by atoms with E-state index in [-0.39, 0.29) is 5.41 Å². The van der Waals surface area contributed by atoms with Crippen LogP contribution in [-0.4, -0.2) is 13.1 Å². The van der Waals surface area contributed by atoms with Crippen molar-refractivity contribution in [2.24, 2.45) is 0 Å². The van der Waals surface area contributed by atoms with Crippen molar-refractivity contribution in [3.63, 3.8) is 0 Å². The van der Waals surface area contributed by atoms with Crippen LogP contribution in [-0.2, 0) is 5.41 Å². The maximum Gasteiger partial charge on any atom is 0.0775 e. The summed E-state index contributed by atoms with van der Waals surface area (Å²) in [7, 11) is -1.38. The number of nitrogens with zero attached hydrogens (tertiary/aromatic N) is 1. The Labute approximate surface area is 320 Å². The van der Waals surface area contributed by atoms with Crippen LogP contribution in [0.5, 0.6) is 0 Å². The van der Waals surface area contributed by atoms with Gasteiger partial charge in [-0.15, -0.1) is 0 Å². The van der Waals surface area contributed by atoms with E-state index in [2.05, 4.69) is 209 Å². The number of hydrogen-bond donors (Lipinski definition) is 0. The van der Waals surface area contributed by atoms with Crippen LogP contribution in [0.1, 0.15) is 23.6 Å². The van der Waals surface area contributed by atoms with E-state index in [0.29, 0.717) is 0 Å². The first kappa shape index (κ1) is 33.7. The Morgan fingerprint density at radius 1 is 0.389 bits per heavy atom. The summed E-state index contributed by atoms with van der Waals surface area (Å²) in [6.07, 6.45) is 2.03. The Hall–Kier alpha value is -6.09. The van der Waals surface area contributed by atoms with Crippen LogP contribution in [0, 0.1) is 0 Å². The van der Waals surface area contributed by atoms with E-state index < -0.39 is 8.07 Å². The van der Waals surface area contributed by atoms with Crippen LogP contribution in [0.3, 0.4) is 0 Å². The maximum absolute atomic E-state index is 5.05. The Morgan fingerprint density at radius 2 is 0.870 bits per heavy atom. The summed E-state index contributed by atoms with van der Waals surface area (Å²) in [5, 5.41) is 1.49. The topological polar surface area (TPSA) is 12.9 Å². The molecule has 0 spiro atoms. The van der Waals surface area contributed by atoms with Gasteiger partial charge in [0, 0.05) is 22.7 Å². The number of aromatic nitrogens is 1. The Balaban J connectivity index is 1.13. The minimum absolute atomic E-state index is 0.312. The van der Waals surface area contributed by atoms with Crippen molar-refractivity contribution in [3.8, 4) is 66.9 Å². The second-order valence-corrected chi connectivity index (χ2v) is 20.8. The van der Waals surface area contributed by atoms with Gasteiger partial charge in [0.2, 0.25) is 0 Å². The van der Waals surface area contributed by atoms with Crippen LogP contribution in [0.15, 0.2) is 188 Å². The molecule has 1 nitrogen and oxygen atoms in total. The smallest absolute Gasteiger partial charge is 0.0775 e. The predicted octanol–water partition coefficient (Wildman–Crippen LogP) is 13.3. The van der Waals surface area contributed by atoms with Gasteiger partial charge in [0.25, 0.3) is 0 Å². The standard InChI is InChI=1S/C52H43NSi/c1-52(43-21-12-7-13-22-43)49-32-40(36-23-27-44(28-24-36)54(2,3)4)25-29-45(49)46-30-26-41(33-50(46)52)39-19-14-20-42(31-39)51-34-47(37-15-8-5-9-16-37)48(35-53-51)38-17-10-6-11-18-38/h5-35H,1-4H3. The highest BCUT2D eigenvalue weighted by Gasteiger charge is 2.41. The Kier molecular flexibility index (Phi) is 8.37. The molecule has 260 valence electrons. The molecule has 2 heteroatoms. The zero-order chi connectivity index (χ0) is 36.9. The Morgan fingerprint density at radius 3 is 1.46 bits per heavy atom. The van der Waals surface area contributed by atoms with E-state index in [9.17, 15) is 0 Å². The molecule has 54 heavy (non-hydrogen) atoms. The second kappa shape index (κ2) is 13.4. The number of benzene rings is 7. The van der Waals surface area contributed by atoms with Crippen molar-refractivity contribution in [2.75, 3.05) is 0 Å². The van der Waals surface area contributed by atoms with Gasteiger partial charge in [-0.05, 0) is 98.0 Å². The van der Waals surface area contributed by atoms with E-state index >= 15 is 0 Å². The number of fused-ring (bicyclic) bond motifs is 3. The number of pyridine rings is 1. The molecule has 0 N–H and O–H groups in total. The SMILES string of the molecule is CC1(c2ccccc2)c2cc(-c3ccc([Si](C)(C)C)cc3)ccc2-c2ccc(-c3cccc(-c4cc(-c5ccccc5)c(-c5ccccc5)cn4)c3)cc21. The lowest BCUT2D eigenvalue weighted by atomic mass is 9.73. The molecule has 8 aromatic rings. The summed E-state index contributed by atoms with van der Waals surface area (Å²) >= 11 is 0. The van der Waals surface area contributed by atoms with Crippen LogP contribution in [0.25, 0.3) is 66.9 Å². The Bertz CT molecular complexity index is 2620. The number of rotatable bonds is 7. The number of hydrogen-bond acceptors (Lipinski definition) is 1. The van der Waals surface area contributed by atoms with Crippen LogP contribution in [0.4, 0.5) is 0 Å². The summed E-state index contributed by atoms with van der Waals surface area (Å²) in [5.74, 6) is 0. The summed E-state index contributed by atoms with van der Waals surface area (Å²) in [5.41, 5.74) is 18.0. The molecule has 0 saturated carbocycles. The van der Waals surface area contributed by atoms with Crippen molar-refractivity contribution in [2.45, 2.75) is 32.0 Å². The molecule has 0 saturated heterocycles. The van der Waals surface area contributed by atoms with Gasteiger partial charge < -0.3 is 0 Å². The lowest BCUT2D eigenvalue weighted by Crippen LogP contribution is -2.37. The van der Waals surface area contributed by atoms with Crippen LogP contribution >= 0.6 is 0 Å². The minimum Gasteiger partial charge on any atom is -0.256 e. The molecule has 0 bridgehead atoms. The van der Waals surface area contributed by atoms with Gasteiger partial charge in [-0.3, -0.25) is 4.98 Å². The van der Waals surface area contributed by atoms with Gasteiger partial charge in [0.05, 0.1) is 13.8 Å². The van der Waals surface area contributed by atoms with Crippen molar-refractivity contribution in [3.05, 3.63) is 205 Å². The summed E-state index contributed by atoms with van der Waals surface area (Å²) in [4.78, 5) is 5.05. The first-order valence-electron chi connectivity index (χ1n) is 18.9. The lowest BCUT2D eigenvalue weighted by molar-refractivity contribution is 0.714. The molecule has 1 aliphatic carbocycles. The third-order valence-electron chi connectivity index (χ3n) is 11.4. The normalized spacial score (nSPS) is 14.7. The van der Waals surface area contributed by atoms with Gasteiger partial charge in [0.15, 0.2) is 0 Å². The quantitative estimate of drug-likeness (QED) is 0.150. The monoisotopic (exact) mass is 709 g/mol. The summed E-state index contributed by atoms with van der Waals surface area (Å²) in [6.45, 7) is 9.64. The van der Waals surface area contributed by atoms with Crippen molar-refractivity contribution in [1.29, 1.82) is 0 Å². The lowest BCUT2D eigenvalue weighted by Gasteiger charge is -2.29. The molecule has 1 unspecified atom stereocenters. The fourth-order valence-electron chi connectivity index (χ4n) is 8.31. The van der Waals surface area contributed by atoms with Gasteiger partial charge in [-0.2, -0.15) is 0 Å². The molecule has 1 aliphatic rings. The zero-order valence-corrected chi connectivity index (χ0v) is 32.3. The van der Waals surface area contributed by atoms with Gasteiger partial charge in [0.1, 0.15) is 0 Å². The molecule has 0 aliphatic heterocycles. The van der Waals surface area contributed by atoms with Crippen LogP contribution < -0.4 is 5.19 Å². The fraction of sp³-hybridized carbons (Fsp3) is 0.0962. The van der Waals surface area contributed by atoms with Gasteiger partial charge >= 0.3 is 0 Å². The average molecular weight is 710 g/mol. The van der Waals surface area contributed by atoms with E-state index in [0.717, 1.165) is 22.4 Å². The third-order valence-corrected chi connectivity index (χ3v) is 13.5. The highest BCUT2D eigenvalue weighted by Crippen LogP contribution is 2.54. The molecule has 0 fully saturated rings. The summed E-state index contributed by atoms with van der Waals surface area (Å²) in [6, 6.07) is 66.8. The molecule has 7 aromatic carbocycles. The van der Waals surface area contributed by atoms with Crippen molar-refractivity contribution < 1.29 is 0 Å². The summed E-state index contributed by atoms with van der Waals surface area (Å²) < 4.78 is 0. The maximum atomic E-state index is 5.05. The second-order valence-electron chi connectivity index (χ2n) is 15.8. The molecule has 1 atom stereocenters. The van der Waals surface area contributed by atoms with E-state index in [1.165, 1.54) is 66.4 Å². The van der Waals surface area contributed by atoms with Gasteiger partial charge in [-0.25, -0.2) is 0 Å². The molecular weight excluding hydrogens is 667 g/mol. The molecule has 1 aromatic heterocycles. The van der Waals surface area contributed by atoms with Crippen molar-refractivity contribution in [1.82, 2.24) is 4.98 Å².